The third-order valence-corrected chi connectivity index (χ3v) is 3.76. The molecule has 0 radical (unpaired) electrons. The van der Waals surface area contributed by atoms with Gasteiger partial charge in [0.25, 0.3) is 5.91 Å². The van der Waals surface area contributed by atoms with Gasteiger partial charge >= 0.3 is 0 Å². The minimum atomic E-state index is -0.229. The molecule has 0 saturated carbocycles. The molecule has 0 fully saturated rings. The molecule has 6 nitrogen and oxygen atoms in total. The minimum absolute atomic E-state index is 0.133. The zero-order valence-electron chi connectivity index (χ0n) is 11.3. The van der Waals surface area contributed by atoms with E-state index >= 15 is 0 Å². The summed E-state index contributed by atoms with van der Waals surface area (Å²) in [5, 5.41) is 21.4. The number of aliphatic hydroxyl groups is 1. The van der Waals surface area contributed by atoms with Gasteiger partial charge in [0, 0.05) is 18.0 Å². The van der Waals surface area contributed by atoms with Crippen LogP contribution in [0.4, 0.5) is 0 Å². The largest absolute Gasteiger partial charge is 0.396 e. The van der Waals surface area contributed by atoms with Crippen LogP contribution in [0.15, 0.2) is 23.7 Å². The van der Waals surface area contributed by atoms with Crippen LogP contribution in [0.2, 0.25) is 0 Å². The van der Waals surface area contributed by atoms with E-state index in [1.165, 1.54) is 4.88 Å². The molecule has 2 N–H and O–H groups in total. The molecule has 1 unspecified atom stereocenters. The Labute approximate surface area is 121 Å². The molecule has 2 heterocycles. The number of carbonyl (C=O) groups excluding carboxylic acids is 1. The van der Waals surface area contributed by atoms with Gasteiger partial charge in [-0.25, -0.2) is 4.68 Å². The maximum atomic E-state index is 11.9. The highest BCUT2D eigenvalue weighted by molar-refractivity contribution is 7.09. The Balaban J connectivity index is 1.86. The zero-order valence-corrected chi connectivity index (χ0v) is 12.1. The van der Waals surface area contributed by atoms with E-state index in [1.54, 1.807) is 22.2 Å². The van der Waals surface area contributed by atoms with Crippen molar-refractivity contribution >= 4 is 17.2 Å². The molecule has 0 aliphatic heterocycles. The standard InChI is InChI=1S/C13H18N4O2S/c1-10(4-5-18)7-14-13(19)12-9-17(16-15-12)8-11-3-2-6-20-11/h2-3,6,9-10,18H,4-5,7-8H2,1H3,(H,14,19). The second kappa shape index (κ2) is 7.16. The molecular formula is C13H18N4O2S. The molecule has 0 aliphatic rings. The fourth-order valence-electron chi connectivity index (χ4n) is 1.72. The lowest BCUT2D eigenvalue weighted by Gasteiger charge is -2.09. The Morgan fingerprint density at radius 2 is 2.45 bits per heavy atom. The maximum absolute atomic E-state index is 11.9. The fourth-order valence-corrected chi connectivity index (χ4v) is 2.42. The minimum Gasteiger partial charge on any atom is -0.396 e. The number of rotatable bonds is 7. The first-order chi connectivity index (χ1) is 9.69. The van der Waals surface area contributed by atoms with E-state index in [-0.39, 0.29) is 18.4 Å². The summed E-state index contributed by atoms with van der Waals surface area (Å²) in [6.45, 7) is 3.26. The van der Waals surface area contributed by atoms with Crippen molar-refractivity contribution in [3.8, 4) is 0 Å². The van der Waals surface area contributed by atoms with Crippen LogP contribution in [-0.2, 0) is 6.54 Å². The van der Waals surface area contributed by atoms with E-state index in [4.69, 9.17) is 5.11 Å². The predicted molar refractivity (Wildman–Crippen MR) is 76.6 cm³/mol. The first-order valence-corrected chi connectivity index (χ1v) is 7.38. The van der Waals surface area contributed by atoms with E-state index in [9.17, 15) is 4.79 Å². The quantitative estimate of drug-likeness (QED) is 0.802. The molecule has 0 aliphatic carbocycles. The lowest BCUT2D eigenvalue weighted by Crippen LogP contribution is -2.28. The lowest BCUT2D eigenvalue weighted by molar-refractivity contribution is 0.0940. The normalized spacial score (nSPS) is 12.3. The molecular weight excluding hydrogens is 276 g/mol. The Hall–Kier alpha value is -1.73. The molecule has 0 spiro atoms. The van der Waals surface area contributed by atoms with Gasteiger partial charge in [-0.1, -0.05) is 18.2 Å². The van der Waals surface area contributed by atoms with Gasteiger partial charge in [0.1, 0.15) is 0 Å². The highest BCUT2D eigenvalue weighted by atomic mass is 32.1. The summed E-state index contributed by atoms with van der Waals surface area (Å²) >= 11 is 1.64. The van der Waals surface area contributed by atoms with E-state index in [0.29, 0.717) is 25.2 Å². The van der Waals surface area contributed by atoms with Gasteiger partial charge in [-0.15, -0.1) is 16.4 Å². The average Bonchev–Trinajstić information content (AvgIpc) is 3.08. The third-order valence-electron chi connectivity index (χ3n) is 2.90. The molecule has 2 aromatic rings. The summed E-state index contributed by atoms with van der Waals surface area (Å²) < 4.78 is 1.65. The lowest BCUT2D eigenvalue weighted by atomic mass is 10.1. The van der Waals surface area contributed by atoms with Gasteiger partial charge < -0.3 is 10.4 Å². The molecule has 7 heteroatoms. The molecule has 0 bridgehead atoms. The number of nitrogens with zero attached hydrogens (tertiary/aromatic N) is 3. The van der Waals surface area contributed by atoms with E-state index in [0.717, 1.165) is 0 Å². The van der Waals surface area contributed by atoms with Crippen molar-refractivity contribution in [1.29, 1.82) is 0 Å². The second-order valence-corrected chi connectivity index (χ2v) is 5.74. The molecule has 0 aromatic carbocycles. The summed E-state index contributed by atoms with van der Waals surface area (Å²) in [5.74, 6) is 0.0114. The number of hydrogen-bond donors (Lipinski definition) is 2. The molecule has 0 saturated heterocycles. The summed E-state index contributed by atoms with van der Waals surface area (Å²) in [6, 6.07) is 4.00. The fraction of sp³-hybridized carbons (Fsp3) is 0.462. The number of nitrogens with one attached hydrogen (secondary N) is 1. The third kappa shape index (κ3) is 4.14. The van der Waals surface area contributed by atoms with E-state index < -0.39 is 0 Å². The number of aliphatic hydroxyl groups excluding tert-OH is 1. The van der Waals surface area contributed by atoms with Crippen molar-refractivity contribution in [2.45, 2.75) is 19.9 Å². The Morgan fingerprint density at radius 1 is 1.60 bits per heavy atom. The SMILES string of the molecule is CC(CCO)CNC(=O)c1cn(Cc2cccs2)nn1. The van der Waals surface area contributed by atoms with Crippen molar-refractivity contribution < 1.29 is 9.90 Å². The van der Waals surface area contributed by atoms with Crippen LogP contribution in [0.3, 0.4) is 0 Å². The second-order valence-electron chi connectivity index (χ2n) is 4.71. The smallest absolute Gasteiger partial charge is 0.273 e. The first kappa shape index (κ1) is 14.7. The summed E-state index contributed by atoms with van der Waals surface area (Å²) in [4.78, 5) is 13.0. The van der Waals surface area contributed by atoms with Crippen molar-refractivity contribution in [2.24, 2.45) is 5.92 Å². The number of carbonyl (C=O) groups is 1. The average molecular weight is 294 g/mol. The number of amides is 1. The summed E-state index contributed by atoms with van der Waals surface area (Å²) in [5.41, 5.74) is 0.317. The maximum Gasteiger partial charge on any atom is 0.273 e. The van der Waals surface area contributed by atoms with Crippen LogP contribution >= 0.6 is 11.3 Å². The van der Waals surface area contributed by atoms with Gasteiger partial charge in [-0.05, 0) is 23.8 Å². The zero-order chi connectivity index (χ0) is 14.4. The predicted octanol–water partition coefficient (Wildman–Crippen LogP) is 1.14. The van der Waals surface area contributed by atoms with Gasteiger partial charge in [0.05, 0.1) is 12.7 Å². The Morgan fingerprint density at radius 3 is 3.15 bits per heavy atom. The van der Waals surface area contributed by atoms with Crippen molar-refractivity contribution in [3.63, 3.8) is 0 Å². The molecule has 2 rings (SSSR count). The van der Waals surface area contributed by atoms with Crippen LogP contribution in [0.1, 0.15) is 28.7 Å². The van der Waals surface area contributed by atoms with Crippen molar-refractivity contribution in [2.75, 3.05) is 13.2 Å². The van der Waals surface area contributed by atoms with Crippen LogP contribution in [0.25, 0.3) is 0 Å². The van der Waals surface area contributed by atoms with Crippen LogP contribution < -0.4 is 5.32 Å². The van der Waals surface area contributed by atoms with Crippen LogP contribution in [0, 0.1) is 5.92 Å². The van der Waals surface area contributed by atoms with Crippen molar-refractivity contribution in [1.82, 2.24) is 20.3 Å². The van der Waals surface area contributed by atoms with E-state index in [1.807, 2.05) is 24.4 Å². The van der Waals surface area contributed by atoms with Crippen LogP contribution in [-0.4, -0.2) is 39.2 Å². The number of aromatic nitrogens is 3. The Kier molecular flexibility index (Phi) is 5.25. The first-order valence-electron chi connectivity index (χ1n) is 6.50. The topological polar surface area (TPSA) is 80.0 Å². The van der Waals surface area contributed by atoms with Crippen molar-refractivity contribution in [3.05, 3.63) is 34.3 Å². The van der Waals surface area contributed by atoms with Gasteiger partial charge in [-0.2, -0.15) is 0 Å². The van der Waals surface area contributed by atoms with Gasteiger partial charge in [0.2, 0.25) is 0 Å². The van der Waals surface area contributed by atoms with Gasteiger partial charge in [-0.3, -0.25) is 4.79 Å². The molecule has 2 aromatic heterocycles. The number of hydrogen-bond acceptors (Lipinski definition) is 5. The number of thiophene rings is 1. The summed E-state index contributed by atoms with van der Waals surface area (Å²) in [6.07, 6.45) is 2.32. The molecule has 1 amide bonds. The highest BCUT2D eigenvalue weighted by Gasteiger charge is 2.12. The highest BCUT2D eigenvalue weighted by Crippen LogP contribution is 2.10. The van der Waals surface area contributed by atoms with E-state index in [2.05, 4.69) is 15.6 Å². The van der Waals surface area contributed by atoms with Gasteiger partial charge in [0.15, 0.2) is 5.69 Å². The molecule has 1 atom stereocenters. The van der Waals surface area contributed by atoms with Crippen LogP contribution in [0.5, 0.6) is 0 Å². The monoisotopic (exact) mass is 294 g/mol. The summed E-state index contributed by atoms with van der Waals surface area (Å²) in [7, 11) is 0. The Bertz CT molecular complexity index is 538. The molecule has 20 heavy (non-hydrogen) atoms. The molecule has 108 valence electrons.